The Bertz CT molecular complexity index is 1030. The lowest BCUT2D eigenvalue weighted by Crippen LogP contribution is -2.23. The Hall–Kier alpha value is -2.61. The van der Waals surface area contributed by atoms with E-state index in [2.05, 4.69) is 4.99 Å². The van der Waals surface area contributed by atoms with Gasteiger partial charge in [0.1, 0.15) is 11.4 Å². The zero-order chi connectivity index (χ0) is 17.7. The highest BCUT2D eigenvalue weighted by Crippen LogP contribution is 2.37. The minimum atomic E-state index is -1.28. The maximum Gasteiger partial charge on any atom is 0.342 e. The topological polar surface area (TPSA) is 74.9 Å². The van der Waals surface area contributed by atoms with Crippen LogP contribution in [0, 0.1) is 5.82 Å². The number of carboxylic acids is 1. The third-order valence-electron chi connectivity index (χ3n) is 4.28. The number of fused-ring (bicyclic) bond motifs is 3. The molecule has 25 heavy (non-hydrogen) atoms. The van der Waals surface area contributed by atoms with E-state index in [1.807, 2.05) is 6.92 Å². The van der Waals surface area contributed by atoms with Crippen molar-refractivity contribution >= 4 is 40.5 Å². The van der Waals surface area contributed by atoms with Gasteiger partial charge in [-0.25, -0.2) is 9.18 Å². The minimum absolute atomic E-state index is 0.0896. The summed E-state index contributed by atoms with van der Waals surface area (Å²) in [6.45, 7) is 2.96. The van der Waals surface area contributed by atoms with Gasteiger partial charge in [-0.2, -0.15) is 0 Å². The van der Waals surface area contributed by atoms with Gasteiger partial charge >= 0.3 is 5.97 Å². The summed E-state index contributed by atoms with van der Waals surface area (Å²) >= 11 is 1.36. The van der Waals surface area contributed by atoms with Gasteiger partial charge in [-0.05, 0) is 12.1 Å². The fraction of sp³-hybridized carbons (Fsp3) is 0.235. The SMILES string of the molecule is CC1Cn2c(c(C(=O)O)c(=O)c3cc(F)c(N4C=CN=CC4)cc32)S1. The van der Waals surface area contributed by atoms with E-state index >= 15 is 0 Å². The van der Waals surface area contributed by atoms with Crippen LogP contribution >= 0.6 is 11.8 Å². The summed E-state index contributed by atoms with van der Waals surface area (Å²) < 4.78 is 16.4. The predicted molar refractivity (Wildman–Crippen MR) is 95.4 cm³/mol. The Balaban J connectivity index is 2.03. The number of benzene rings is 1. The van der Waals surface area contributed by atoms with Crippen LogP contribution in [-0.2, 0) is 6.54 Å². The fourth-order valence-corrected chi connectivity index (χ4v) is 4.39. The summed E-state index contributed by atoms with van der Waals surface area (Å²) in [5.74, 6) is -1.85. The van der Waals surface area contributed by atoms with E-state index in [1.54, 1.807) is 34.1 Å². The number of thioether (sulfide) groups is 1. The Kier molecular flexibility index (Phi) is 3.64. The highest BCUT2D eigenvalue weighted by molar-refractivity contribution is 8.00. The Morgan fingerprint density at radius 1 is 1.44 bits per heavy atom. The second-order valence-electron chi connectivity index (χ2n) is 5.96. The van der Waals surface area contributed by atoms with Gasteiger partial charge in [0.15, 0.2) is 0 Å². The van der Waals surface area contributed by atoms with Gasteiger partial charge in [-0.15, -0.1) is 11.8 Å². The number of anilines is 1. The molecule has 0 saturated heterocycles. The first-order chi connectivity index (χ1) is 12.0. The van der Waals surface area contributed by atoms with Crippen LogP contribution in [0.1, 0.15) is 17.3 Å². The molecule has 1 aromatic carbocycles. The van der Waals surface area contributed by atoms with Crippen molar-refractivity contribution in [2.24, 2.45) is 4.99 Å². The predicted octanol–water partition coefficient (Wildman–Crippen LogP) is 2.70. The summed E-state index contributed by atoms with van der Waals surface area (Å²) in [5, 5.41) is 10.1. The lowest BCUT2D eigenvalue weighted by Gasteiger charge is -2.22. The van der Waals surface area contributed by atoms with E-state index in [4.69, 9.17) is 0 Å². The minimum Gasteiger partial charge on any atom is -0.477 e. The summed E-state index contributed by atoms with van der Waals surface area (Å²) in [4.78, 5) is 29.9. The molecule has 6 nitrogen and oxygen atoms in total. The van der Waals surface area contributed by atoms with E-state index in [1.165, 1.54) is 11.8 Å². The molecule has 3 heterocycles. The van der Waals surface area contributed by atoms with Crippen LogP contribution < -0.4 is 10.3 Å². The van der Waals surface area contributed by atoms with Crippen LogP contribution in [-0.4, -0.2) is 33.7 Å². The van der Waals surface area contributed by atoms with E-state index in [9.17, 15) is 19.1 Å². The molecule has 128 valence electrons. The molecule has 0 fully saturated rings. The molecule has 1 atom stereocenters. The van der Waals surface area contributed by atoms with E-state index in [-0.39, 0.29) is 16.2 Å². The van der Waals surface area contributed by atoms with Crippen molar-refractivity contribution in [2.45, 2.75) is 23.7 Å². The summed E-state index contributed by atoms with van der Waals surface area (Å²) in [7, 11) is 0. The van der Waals surface area contributed by atoms with Crippen LogP contribution in [0.3, 0.4) is 0 Å². The van der Waals surface area contributed by atoms with Crippen molar-refractivity contribution < 1.29 is 14.3 Å². The largest absolute Gasteiger partial charge is 0.477 e. The number of rotatable bonds is 2. The first-order valence-corrected chi connectivity index (χ1v) is 8.60. The van der Waals surface area contributed by atoms with Gasteiger partial charge in [0, 0.05) is 35.8 Å². The molecule has 2 aliphatic rings. The van der Waals surface area contributed by atoms with Crippen molar-refractivity contribution in [1.82, 2.24) is 4.57 Å². The number of hydrogen-bond acceptors (Lipinski definition) is 5. The van der Waals surface area contributed by atoms with Crippen LogP contribution in [0.5, 0.6) is 0 Å². The molecule has 1 unspecified atom stereocenters. The highest BCUT2D eigenvalue weighted by Gasteiger charge is 2.29. The van der Waals surface area contributed by atoms with Crippen molar-refractivity contribution in [1.29, 1.82) is 0 Å². The fourth-order valence-electron chi connectivity index (χ4n) is 3.18. The average Bonchev–Trinajstić information content (AvgIpc) is 2.96. The van der Waals surface area contributed by atoms with Crippen molar-refractivity contribution in [3.63, 3.8) is 0 Å². The van der Waals surface area contributed by atoms with Crippen molar-refractivity contribution in [3.05, 3.63) is 46.1 Å². The molecule has 4 rings (SSSR count). The third-order valence-corrected chi connectivity index (χ3v) is 5.48. The smallest absolute Gasteiger partial charge is 0.342 e. The summed E-state index contributed by atoms with van der Waals surface area (Å²) in [6, 6.07) is 2.75. The van der Waals surface area contributed by atoms with E-state index < -0.39 is 17.2 Å². The quantitative estimate of drug-likeness (QED) is 0.892. The number of hydrogen-bond donors (Lipinski definition) is 1. The second-order valence-corrected chi connectivity index (χ2v) is 7.38. The number of aromatic nitrogens is 1. The van der Waals surface area contributed by atoms with Crippen LogP contribution in [0.15, 0.2) is 39.3 Å². The molecular formula is C17H14FN3O3S. The zero-order valence-electron chi connectivity index (χ0n) is 13.3. The number of aliphatic imine (C=N–C) groups is 1. The normalized spacial score (nSPS) is 18.8. The molecule has 8 heteroatoms. The molecular weight excluding hydrogens is 345 g/mol. The number of aromatic carboxylic acids is 1. The highest BCUT2D eigenvalue weighted by atomic mass is 32.2. The molecule has 0 aliphatic carbocycles. The van der Waals surface area contributed by atoms with Gasteiger partial charge in [0.05, 0.1) is 22.8 Å². The first kappa shape index (κ1) is 15.9. The number of halogens is 1. The Labute approximate surface area is 146 Å². The standard InChI is InChI=1S/C17H14FN3O3S/c1-9-8-21-12-7-13(20-4-2-19-3-5-20)11(18)6-10(12)15(22)14(17(23)24)16(21)25-9/h2-4,6-7,9H,5,8H2,1H3,(H,23,24). The Morgan fingerprint density at radius 3 is 2.92 bits per heavy atom. The molecule has 0 radical (unpaired) electrons. The van der Waals surface area contributed by atoms with Crippen molar-refractivity contribution in [2.75, 3.05) is 11.4 Å². The summed E-state index contributed by atoms with van der Waals surface area (Å²) in [5.41, 5.74) is -0.0404. The molecule has 0 spiro atoms. The number of carboxylic acid groups (broad SMARTS) is 1. The number of nitrogens with zero attached hydrogens (tertiary/aromatic N) is 3. The van der Waals surface area contributed by atoms with Crippen LogP contribution in [0.25, 0.3) is 10.9 Å². The van der Waals surface area contributed by atoms with Gasteiger partial charge in [-0.3, -0.25) is 9.79 Å². The van der Waals surface area contributed by atoms with E-state index in [0.29, 0.717) is 29.3 Å². The molecule has 1 aromatic heterocycles. The van der Waals surface area contributed by atoms with Gasteiger partial charge in [-0.1, -0.05) is 6.92 Å². The lowest BCUT2D eigenvalue weighted by molar-refractivity contribution is 0.0690. The third kappa shape index (κ3) is 2.44. The van der Waals surface area contributed by atoms with Gasteiger partial charge in [0.25, 0.3) is 0 Å². The molecule has 0 saturated carbocycles. The Morgan fingerprint density at radius 2 is 2.24 bits per heavy atom. The first-order valence-electron chi connectivity index (χ1n) is 7.72. The molecule has 2 aromatic rings. The summed E-state index contributed by atoms with van der Waals surface area (Å²) in [6.07, 6.45) is 4.89. The van der Waals surface area contributed by atoms with Crippen LogP contribution in [0.4, 0.5) is 10.1 Å². The average molecular weight is 359 g/mol. The maximum absolute atomic E-state index is 14.6. The van der Waals surface area contributed by atoms with E-state index in [0.717, 1.165) is 6.07 Å². The van der Waals surface area contributed by atoms with Crippen LogP contribution in [0.2, 0.25) is 0 Å². The molecule has 0 amide bonds. The monoisotopic (exact) mass is 359 g/mol. The molecule has 1 N–H and O–H groups in total. The zero-order valence-corrected chi connectivity index (χ0v) is 14.1. The lowest BCUT2D eigenvalue weighted by atomic mass is 10.1. The number of pyridine rings is 1. The van der Waals surface area contributed by atoms with Crippen molar-refractivity contribution in [3.8, 4) is 0 Å². The molecule has 2 aliphatic heterocycles. The molecule has 0 bridgehead atoms. The van der Waals surface area contributed by atoms with Gasteiger partial charge < -0.3 is 14.6 Å². The number of carbonyl (C=O) groups is 1. The maximum atomic E-state index is 14.6. The second kappa shape index (κ2) is 5.73. The van der Waals surface area contributed by atoms with Gasteiger partial charge in [0.2, 0.25) is 5.43 Å².